The lowest BCUT2D eigenvalue weighted by Crippen LogP contribution is -2.38. The molecule has 0 bridgehead atoms. The highest BCUT2D eigenvalue weighted by Gasteiger charge is 2.31. The van der Waals surface area contributed by atoms with Gasteiger partial charge < -0.3 is 0 Å². The van der Waals surface area contributed by atoms with Crippen LogP contribution in [0.1, 0.15) is 20.3 Å². The fourth-order valence-corrected chi connectivity index (χ4v) is 5.58. The van der Waals surface area contributed by atoms with Crippen molar-refractivity contribution in [2.24, 2.45) is 0 Å². The van der Waals surface area contributed by atoms with Gasteiger partial charge in [0.25, 0.3) is 0 Å². The van der Waals surface area contributed by atoms with Crippen LogP contribution in [-0.4, -0.2) is 30.6 Å². The van der Waals surface area contributed by atoms with Crippen molar-refractivity contribution in [3.8, 4) is 0 Å². The van der Waals surface area contributed by atoms with Crippen molar-refractivity contribution in [1.29, 1.82) is 0 Å². The van der Waals surface area contributed by atoms with E-state index >= 15 is 0 Å². The van der Waals surface area contributed by atoms with Crippen molar-refractivity contribution < 1.29 is 8.42 Å². The molecule has 0 heterocycles. The van der Waals surface area contributed by atoms with Gasteiger partial charge in [0.15, 0.2) is 0 Å². The summed E-state index contributed by atoms with van der Waals surface area (Å²) in [6.45, 7) is 4.06. The summed E-state index contributed by atoms with van der Waals surface area (Å²) in [5.74, 6) is 0. The van der Waals surface area contributed by atoms with E-state index < -0.39 is 10.0 Å². The van der Waals surface area contributed by atoms with E-state index in [1.807, 2.05) is 13.8 Å². The molecule has 0 aliphatic carbocycles. The zero-order valence-electron chi connectivity index (χ0n) is 11.0. The minimum absolute atomic E-state index is 0.0349. The molecule has 0 unspecified atom stereocenters. The van der Waals surface area contributed by atoms with Gasteiger partial charge in [-0.1, -0.05) is 55.1 Å². The molecule has 0 fully saturated rings. The largest absolute Gasteiger partial charge is 0.246 e. The zero-order valence-corrected chi connectivity index (χ0v) is 16.5. The van der Waals surface area contributed by atoms with E-state index in [1.54, 1.807) is 0 Å². The molecule has 8 heteroatoms. The number of rotatable bonds is 6. The molecule has 20 heavy (non-hydrogen) atoms. The summed E-state index contributed by atoms with van der Waals surface area (Å²) < 4.78 is 27.6. The van der Waals surface area contributed by atoms with Gasteiger partial charge in [-0.05, 0) is 32.4 Å². The quantitative estimate of drug-likeness (QED) is 0.556. The number of nitrogens with zero attached hydrogens (tertiary/aromatic N) is 1. The average Bonchev–Trinajstić information content (AvgIpc) is 2.26. The summed E-state index contributed by atoms with van der Waals surface area (Å²) >= 11 is 18.7. The molecule has 0 N–H and O–H groups in total. The topological polar surface area (TPSA) is 37.4 Å². The molecule has 0 aromatic heterocycles. The van der Waals surface area contributed by atoms with E-state index in [1.165, 1.54) is 16.4 Å². The minimum atomic E-state index is -3.72. The first kappa shape index (κ1) is 18.7. The van der Waals surface area contributed by atoms with Gasteiger partial charge in [-0.3, -0.25) is 0 Å². The summed E-state index contributed by atoms with van der Waals surface area (Å²) in [5, 5.41) is 0.968. The zero-order chi connectivity index (χ0) is 15.5. The Balaban J connectivity index is 3.34. The van der Waals surface area contributed by atoms with Crippen LogP contribution in [0.15, 0.2) is 21.5 Å². The predicted octanol–water partition coefficient (Wildman–Crippen LogP) is 4.94. The number of sulfonamides is 1. The number of hydrogen-bond donors (Lipinski definition) is 0. The fraction of sp³-hybridized carbons (Fsp3) is 0.500. The number of benzene rings is 1. The van der Waals surface area contributed by atoms with Crippen molar-refractivity contribution in [3.63, 3.8) is 0 Å². The lowest BCUT2D eigenvalue weighted by Gasteiger charge is -2.26. The first-order valence-electron chi connectivity index (χ1n) is 5.94. The summed E-state index contributed by atoms with van der Waals surface area (Å²) in [6.07, 6.45) is 0.711. The maximum atomic E-state index is 12.8. The molecule has 0 aliphatic rings. The smallest absolute Gasteiger partial charge is 0.207 e. The van der Waals surface area contributed by atoms with Gasteiger partial charge in [0, 0.05) is 22.4 Å². The van der Waals surface area contributed by atoms with Crippen molar-refractivity contribution in [2.45, 2.75) is 31.2 Å². The predicted molar refractivity (Wildman–Crippen MR) is 91.6 cm³/mol. The molecule has 114 valence electrons. The maximum absolute atomic E-state index is 12.8. The Hall–Kier alpha value is 0.670. The molecule has 0 saturated carbocycles. The molecule has 0 aliphatic heterocycles. The molecule has 0 saturated heterocycles. The third kappa shape index (κ3) is 4.34. The van der Waals surface area contributed by atoms with Crippen LogP contribution in [0, 0.1) is 0 Å². The summed E-state index contributed by atoms with van der Waals surface area (Å²) in [6, 6.07) is 2.89. The average molecular weight is 468 g/mol. The van der Waals surface area contributed by atoms with Gasteiger partial charge in [0.2, 0.25) is 10.0 Å². The minimum Gasteiger partial charge on any atom is -0.207 e. The summed E-state index contributed by atoms with van der Waals surface area (Å²) in [5.41, 5.74) is 0. The lowest BCUT2D eigenvalue weighted by atomic mass is 10.3. The SMILES string of the molecule is CC(C)N(CCCBr)S(=O)(=O)c1c(Cl)cc(Br)cc1Cl. The van der Waals surface area contributed by atoms with Crippen molar-refractivity contribution in [1.82, 2.24) is 4.31 Å². The van der Waals surface area contributed by atoms with E-state index in [9.17, 15) is 8.42 Å². The van der Waals surface area contributed by atoms with Crippen LogP contribution in [0.25, 0.3) is 0 Å². The van der Waals surface area contributed by atoms with E-state index in [-0.39, 0.29) is 21.0 Å². The highest BCUT2D eigenvalue weighted by molar-refractivity contribution is 9.10. The Bertz CT molecular complexity index is 556. The molecule has 0 radical (unpaired) electrons. The van der Waals surface area contributed by atoms with E-state index in [2.05, 4.69) is 31.9 Å². The second-order valence-corrected chi connectivity index (χ2v) is 8.80. The molecular weight excluding hydrogens is 453 g/mol. The lowest BCUT2D eigenvalue weighted by molar-refractivity contribution is 0.355. The Morgan fingerprint density at radius 3 is 2.15 bits per heavy atom. The Labute approximate surface area is 146 Å². The van der Waals surface area contributed by atoms with Crippen LogP contribution in [0.4, 0.5) is 0 Å². The first-order chi connectivity index (χ1) is 9.21. The second kappa shape index (κ2) is 7.79. The van der Waals surface area contributed by atoms with Gasteiger partial charge in [0.05, 0.1) is 10.0 Å². The second-order valence-electron chi connectivity index (χ2n) is 4.45. The standard InChI is InChI=1S/C12H15Br2Cl2NO2S/c1-8(2)17(5-3-4-13)20(18,19)12-10(15)6-9(14)7-11(12)16/h6-8H,3-5H2,1-2H3. The first-order valence-corrected chi connectivity index (χ1v) is 10.0. The third-order valence-electron chi connectivity index (χ3n) is 2.62. The number of hydrogen-bond acceptors (Lipinski definition) is 2. The van der Waals surface area contributed by atoms with Crippen molar-refractivity contribution in [2.75, 3.05) is 11.9 Å². The Morgan fingerprint density at radius 1 is 1.25 bits per heavy atom. The summed E-state index contributed by atoms with van der Waals surface area (Å²) in [7, 11) is -3.72. The molecule has 1 rings (SSSR count). The van der Waals surface area contributed by atoms with Gasteiger partial charge in [0.1, 0.15) is 4.90 Å². The molecule has 0 spiro atoms. The highest BCUT2D eigenvalue weighted by Crippen LogP contribution is 2.35. The van der Waals surface area contributed by atoms with Gasteiger partial charge in [-0.25, -0.2) is 8.42 Å². The van der Waals surface area contributed by atoms with E-state index in [0.717, 1.165) is 5.33 Å². The van der Waals surface area contributed by atoms with Crippen LogP contribution in [0.2, 0.25) is 10.0 Å². The van der Waals surface area contributed by atoms with E-state index in [0.29, 0.717) is 17.4 Å². The van der Waals surface area contributed by atoms with Crippen molar-refractivity contribution in [3.05, 3.63) is 26.7 Å². The van der Waals surface area contributed by atoms with Crippen LogP contribution < -0.4 is 0 Å². The third-order valence-corrected chi connectivity index (χ3v) is 6.63. The van der Waals surface area contributed by atoms with Gasteiger partial charge in [-0.2, -0.15) is 4.31 Å². The van der Waals surface area contributed by atoms with Gasteiger partial charge in [-0.15, -0.1) is 0 Å². The normalized spacial score (nSPS) is 12.4. The van der Waals surface area contributed by atoms with Crippen molar-refractivity contribution >= 4 is 65.1 Å². The molecule has 3 nitrogen and oxygen atoms in total. The monoisotopic (exact) mass is 465 g/mol. The molecular formula is C12H15Br2Cl2NO2S. The number of alkyl halides is 1. The highest BCUT2D eigenvalue weighted by atomic mass is 79.9. The van der Waals surface area contributed by atoms with Crippen LogP contribution in [0.3, 0.4) is 0 Å². The fourth-order valence-electron chi connectivity index (χ4n) is 1.76. The van der Waals surface area contributed by atoms with Gasteiger partial charge >= 0.3 is 0 Å². The summed E-state index contributed by atoms with van der Waals surface area (Å²) in [4.78, 5) is -0.0349. The molecule has 0 atom stereocenters. The molecule has 1 aromatic carbocycles. The number of halogens is 4. The Morgan fingerprint density at radius 2 is 1.75 bits per heavy atom. The van der Waals surface area contributed by atoms with Crippen LogP contribution in [0.5, 0.6) is 0 Å². The van der Waals surface area contributed by atoms with Crippen LogP contribution >= 0.6 is 55.1 Å². The van der Waals surface area contributed by atoms with E-state index in [4.69, 9.17) is 23.2 Å². The molecule has 0 amide bonds. The van der Waals surface area contributed by atoms with Crippen LogP contribution in [-0.2, 0) is 10.0 Å². The molecule has 1 aromatic rings. The maximum Gasteiger partial charge on any atom is 0.246 e. The Kier molecular flexibility index (Phi) is 7.29.